The maximum absolute atomic E-state index is 13.3. The molecule has 1 amide bonds. The number of hydrogen-bond donors (Lipinski definition) is 1. The van der Waals surface area contributed by atoms with Gasteiger partial charge in [0.25, 0.3) is 0 Å². The van der Waals surface area contributed by atoms with Gasteiger partial charge in [0.15, 0.2) is 0 Å². The number of hydrogen-bond acceptors (Lipinski definition) is 9. The number of methoxy groups -OCH3 is 2. The van der Waals surface area contributed by atoms with E-state index in [1.165, 1.54) is 25.2 Å². The lowest BCUT2D eigenvalue weighted by molar-refractivity contribution is -0.138. The van der Waals surface area contributed by atoms with E-state index in [0.29, 0.717) is 24.2 Å². The number of nitrogens with zero attached hydrogens (tertiary/aromatic N) is 1. The van der Waals surface area contributed by atoms with Crippen LogP contribution in [-0.2, 0) is 41.5 Å². The van der Waals surface area contributed by atoms with Gasteiger partial charge < -0.3 is 29.2 Å². The third-order valence-electron chi connectivity index (χ3n) is 5.40. The highest BCUT2D eigenvalue weighted by atomic mass is 16.6. The molecule has 0 aliphatic heterocycles. The molecule has 2 rings (SSSR count). The summed E-state index contributed by atoms with van der Waals surface area (Å²) >= 11 is 0. The highest BCUT2D eigenvalue weighted by Gasteiger charge is 2.25. The van der Waals surface area contributed by atoms with Crippen LogP contribution in [0.3, 0.4) is 0 Å². The quantitative estimate of drug-likeness (QED) is 0.232. The summed E-state index contributed by atoms with van der Waals surface area (Å²) in [5.74, 6) is -2.15. The van der Waals surface area contributed by atoms with Gasteiger partial charge in [0.05, 0.1) is 32.4 Å². The van der Waals surface area contributed by atoms with Crippen LogP contribution in [0.1, 0.15) is 63.0 Å². The zero-order valence-corrected chi connectivity index (χ0v) is 25.0. The average molecular weight is 569 g/mol. The minimum atomic E-state index is -0.814. The minimum absolute atomic E-state index is 0.00734. The van der Waals surface area contributed by atoms with Gasteiger partial charge in [-0.25, -0.2) is 19.2 Å². The van der Waals surface area contributed by atoms with E-state index < -0.39 is 35.2 Å². The second-order valence-electron chi connectivity index (χ2n) is 11.2. The largest absolute Gasteiger partial charge is 0.466 e. The van der Waals surface area contributed by atoms with E-state index in [2.05, 4.69) is 10.1 Å². The van der Waals surface area contributed by atoms with Crippen molar-refractivity contribution >= 4 is 29.7 Å². The van der Waals surface area contributed by atoms with Gasteiger partial charge >= 0.3 is 24.0 Å². The van der Waals surface area contributed by atoms with Crippen LogP contribution in [-0.4, -0.2) is 60.9 Å². The SMILES string of the molecule is COC(=O)/C=C(/Nc1ccc(C(=O)OC(C)(C)C)cc1CN(CCc1ccccc1)C(=O)OC(C)(C)C)C(=O)OC. The van der Waals surface area contributed by atoms with E-state index in [4.69, 9.17) is 14.2 Å². The fourth-order valence-corrected chi connectivity index (χ4v) is 3.56. The van der Waals surface area contributed by atoms with Gasteiger partial charge in [0.1, 0.15) is 16.9 Å². The van der Waals surface area contributed by atoms with Crippen molar-refractivity contribution in [3.63, 3.8) is 0 Å². The first-order valence-corrected chi connectivity index (χ1v) is 13.1. The number of ether oxygens (including phenoxy) is 4. The highest BCUT2D eigenvalue weighted by Crippen LogP contribution is 2.25. The minimum Gasteiger partial charge on any atom is -0.466 e. The van der Waals surface area contributed by atoms with Gasteiger partial charge in [0.2, 0.25) is 0 Å². The van der Waals surface area contributed by atoms with Gasteiger partial charge in [-0.15, -0.1) is 0 Å². The van der Waals surface area contributed by atoms with E-state index in [9.17, 15) is 19.2 Å². The molecule has 0 unspecified atom stereocenters. The second kappa shape index (κ2) is 14.3. The maximum atomic E-state index is 13.3. The van der Waals surface area contributed by atoms with Crippen LogP contribution in [0.5, 0.6) is 0 Å². The topological polar surface area (TPSA) is 120 Å². The molecule has 2 aromatic carbocycles. The third-order valence-corrected chi connectivity index (χ3v) is 5.40. The summed E-state index contributed by atoms with van der Waals surface area (Å²) in [5, 5.41) is 2.90. The molecule has 0 spiro atoms. The normalized spacial score (nSPS) is 11.8. The van der Waals surface area contributed by atoms with Crippen LogP contribution >= 0.6 is 0 Å². The fourth-order valence-electron chi connectivity index (χ4n) is 3.56. The molecule has 0 radical (unpaired) electrons. The van der Waals surface area contributed by atoms with E-state index in [1.54, 1.807) is 53.7 Å². The first kappa shape index (κ1) is 32.9. The smallest absolute Gasteiger partial charge is 0.410 e. The Morgan fingerprint density at radius 2 is 1.49 bits per heavy atom. The Labute approximate surface area is 241 Å². The van der Waals surface area contributed by atoms with Crippen molar-refractivity contribution in [1.82, 2.24) is 4.90 Å². The Hall–Kier alpha value is -4.34. The molecule has 41 heavy (non-hydrogen) atoms. The Bertz CT molecular complexity index is 1260. The average Bonchev–Trinajstić information content (AvgIpc) is 2.89. The standard InChI is InChI=1S/C31H40N2O8/c1-30(2,3)40-27(35)22-14-15-24(32-25(28(36)39-8)19-26(34)38-7)23(18-22)20-33(29(37)41-31(4,5)6)17-16-21-12-10-9-11-13-21/h9-15,18-19,32H,16-17,20H2,1-8H3/b25-19+. The van der Waals surface area contributed by atoms with Crippen LogP contribution < -0.4 is 5.32 Å². The summed E-state index contributed by atoms with van der Waals surface area (Å²) in [6, 6.07) is 14.3. The number of carbonyl (C=O) groups excluding carboxylic acids is 4. The molecule has 222 valence electrons. The molecule has 2 aromatic rings. The number of anilines is 1. The van der Waals surface area contributed by atoms with Gasteiger partial charge in [-0.3, -0.25) is 0 Å². The summed E-state index contributed by atoms with van der Waals surface area (Å²) in [7, 11) is 2.36. The first-order valence-electron chi connectivity index (χ1n) is 13.1. The molecule has 0 fully saturated rings. The zero-order valence-electron chi connectivity index (χ0n) is 25.0. The molecule has 1 N–H and O–H groups in total. The molecule has 0 saturated heterocycles. The first-order chi connectivity index (χ1) is 19.1. The van der Waals surface area contributed by atoms with Crippen molar-refractivity contribution in [3.05, 3.63) is 77.0 Å². The number of nitrogens with one attached hydrogen (secondary N) is 1. The third kappa shape index (κ3) is 11.4. The number of amides is 1. The molecule has 0 atom stereocenters. The monoisotopic (exact) mass is 568 g/mol. The van der Waals surface area contributed by atoms with Crippen LogP contribution in [0.2, 0.25) is 0 Å². The molecular weight excluding hydrogens is 528 g/mol. The zero-order chi connectivity index (χ0) is 30.8. The van der Waals surface area contributed by atoms with Crippen molar-refractivity contribution in [2.24, 2.45) is 0 Å². The van der Waals surface area contributed by atoms with Crippen molar-refractivity contribution in [1.29, 1.82) is 0 Å². The predicted octanol–water partition coefficient (Wildman–Crippen LogP) is 5.26. The predicted molar refractivity (Wildman–Crippen MR) is 154 cm³/mol. The summed E-state index contributed by atoms with van der Waals surface area (Å²) in [6.45, 7) is 10.9. The molecule has 10 nitrogen and oxygen atoms in total. The lowest BCUT2D eigenvalue weighted by Gasteiger charge is -2.28. The molecule has 0 saturated carbocycles. The van der Waals surface area contributed by atoms with Crippen LogP contribution in [0, 0.1) is 0 Å². The van der Waals surface area contributed by atoms with Crippen molar-refractivity contribution in [2.45, 2.75) is 65.7 Å². The van der Waals surface area contributed by atoms with Gasteiger partial charge in [0, 0.05) is 12.2 Å². The fraction of sp³-hybridized carbons (Fsp3) is 0.419. The van der Waals surface area contributed by atoms with Crippen LogP contribution in [0.4, 0.5) is 10.5 Å². The molecule has 0 bridgehead atoms. The van der Waals surface area contributed by atoms with Gasteiger partial charge in [-0.2, -0.15) is 0 Å². The summed E-state index contributed by atoms with van der Waals surface area (Å²) in [5.41, 5.74) is 0.410. The highest BCUT2D eigenvalue weighted by molar-refractivity contribution is 5.99. The molecule has 0 aromatic heterocycles. The Balaban J connectivity index is 2.56. The van der Waals surface area contributed by atoms with Crippen molar-refractivity contribution < 1.29 is 38.1 Å². The molecule has 0 aliphatic carbocycles. The molecular formula is C31H40N2O8. The molecule has 0 heterocycles. The number of esters is 3. The molecule has 10 heteroatoms. The van der Waals surface area contributed by atoms with Crippen molar-refractivity contribution in [2.75, 3.05) is 26.1 Å². The molecule has 0 aliphatic rings. The van der Waals surface area contributed by atoms with Gasteiger partial charge in [-0.05, 0) is 77.3 Å². The Morgan fingerprint density at radius 1 is 0.854 bits per heavy atom. The van der Waals surface area contributed by atoms with E-state index >= 15 is 0 Å². The van der Waals surface area contributed by atoms with Crippen molar-refractivity contribution in [3.8, 4) is 0 Å². The lowest BCUT2D eigenvalue weighted by Crippen LogP contribution is -2.38. The maximum Gasteiger partial charge on any atom is 0.410 e. The summed E-state index contributed by atoms with van der Waals surface area (Å²) in [6.07, 6.45) is 0.947. The number of benzene rings is 2. The van der Waals surface area contributed by atoms with Crippen LogP contribution in [0.25, 0.3) is 0 Å². The Kier molecular flexibility index (Phi) is 11.5. The number of rotatable bonds is 10. The van der Waals surface area contributed by atoms with Gasteiger partial charge in [-0.1, -0.05) is 30.3 Å². The van der Waals surface area contributed by atoms with E-state index in [-0.39, 0.29) is 17.8 Å². The Morgan fingerprint density at radius 3 is 2.05 bits per heavy atom. The van der Waals surface area contributed by atoms with E-state index in [1.807, 2.05) is 30.3 Å². The summed E-state index contributed by atoms with van der Waals surface area (Å²) in [4.78, 5) is 52.1. The van der Waals surface area contributed by atoms with E-state index in [0.717, 1.165) is 11.6 Å². The van der Waals surface area contributed by atoms with Crippen LogP contribution in [0.15, 0.2) is 60.3 Å². The summed E-state index contributed by atoms with van der Waals surface area (Å²) < 4.78 is 20.7. The second-order valence-corrected chi connectivity index (χ2v) is 11.2. The lowest BCUT2D eigenvalue weighted by atomic mass is 10.1. The number of carbonyl (C=O) groups is 4.